The van der Waals surface area contributed by atoms with Crippen LogP contribution in [0.25, 0.3) is 0 Å². The number of hydrogen-bond acceptors (Lipinski definition) is 6. The van der Waals surface area contributed by atoms with Crippen molar-refractivity contribution in [3.63, 3.8) is 0 Å². The van der Waals surface area contributed by atoms with E-state index < -0.39 is 0 Å². The normalized spacial score (nSPS) is 20.6. The van der Waals surface area contributed by atoms with Crippen LogP contribution in [-0.4, -0.2) is 54.7 Å². The quantitative estimate of drug-likeness (QED) is 0.738. The fourth-order valence-electron chi connectivity index (χ4n) is 3.99. The number of fused-ring (bicyclic) bond motifs is 1. The lowest BCUT2D eigenvalue weighted by molar-refractivity contribution is 0.189. The second-order valence-corrected chi connectivity index (χ2v) is 8.21. The van der Waals surface area contributed by atoms with Crippen molar-refractivity contribution in [3.05, 3.63) is 48.8 Å². The summed E-state index contributed by atoms with van der Waals surface area (Å²) >= 11 is 1.93. The fourth-order valence-corrected chi connectivity index (χ4v) is 5.20. The van der Waals surface area contributed by atoms with E-state index in [-0.39, 0.29) is 0 Å². The third-order valence-corrected chi connectivity index (χ3v) is 6.65. The third-order valence-electron chi connectivity index (χ3n) is 5.37. The lowest BCUT2D eigenvalue weighted by atomic mass is 10.0. The minimum Gasteiger partial charge on any atom is -0.493 e. The van der Waals surface area contributed by atoms with E-state index >= 15 is 0 Å². The fraction of sp³-hybridized carbons (Fsp3) is 0.476. The van der Waals surface area contributed by atoms with E-state index in [0.29, 0.717) is 11.5 Å². The number of nitrogens with zero attached hydrogens (tertiary/aromatic N) is 3. The number of pyridine rings is 1. The first kappa shape index (κ1) is 18.6. The lowest BCUT2D eigenvalue weighted by Gasteiger charge is -2.40. The summed E-state index contributed by atoms with van der Waals surface area (Å²) in [6.45, 7) is 4.21. The van der Waals surface area contributed by atoms with Crippen LogP contribution in [0.3, 0.4) is 0 Å². The van der Waals surface area contributed by atoms with Crippen molar-refractivity contribution in [1.82, 2.24) is 15.2 Å². The molecule has 0 saturated carbocycles. The predicted octanol–water partition coefficient (Wildman–Crippen LogP) is 3.43. The Bertz CT molecular complexity index is 721. The smallest absolute Gasteiger partial charge is 0.132 e. The molecule has 1 unspecified atom stereocenters. The van der Waals surface area contributed by atoms with Gasteiger partial charge in [0.25, 0.3) is 0 Å². The summed E-state index contributed by atoms with van der Waals surface area (Å²) in [5.74, 6) is 0.909. The summed E-state index contributed by atoms with van der Waals surface area (Å²) in [6.07, 6.45) is 7.05. The molecule has 0 radical (unpaired) electrons. The standard InChI is InChI=1S/C21H28N4OS/c1-22-21-25(19-5-2-3-6-20(19)27-21)17-9-14-24(15-10-17)13-4-16-26-18-7-11-23-12-8-18/h2-3,5-8,11-12,17,21-22H,4,9-10,13-16H2,1H3. The van der Waals surface area contributed by atoms with Gasteiger partial charge in [-0.25, -0.2) is 0 Å². The van der Waals surface area contributed by atoms with Gasteiger partial charge < -0.3 is 14.5 Å². The van der Waals surface area contributed by atoms with E-state index in [1.807, 2.05) is 23.9 Å². The van der Waals surface area contributed by atoms with Crippen LogP contribution in [0.4, 0.5) is 5.69 Å². The first-order valence-electron chi connectivity index (χ1n) is 9.81. The van der Waals surface area contributed by atoms with Crippen molar-refractivity contribution in [3.8, 4) is 5.75 Å². The maximum absolute atomic E-state index is 5.78. The van der Waals surface area contributed by atoms with Crippen LogP contribution in [-0.2, 0) is 0 Å². The molecule has 1 aromatic carbocycles. The Labute approximate surface area is 166 Å². The summed E-state index contributed by atoms with van der Waals surface area (Å²) in [5.41, 5.74) is 1.75. The van der Waals surface area contributed by atoms with Crippen molar-refractivity contribution >= 4 is 17.4 Å². The average molecular weight is 385 g/mol. The molecular weight excluding hydrogens is 356 g/mol. The molecule has 1 atom stereocenters. The van der Waals surface area contributed by atoms with Crippen molar-refractivity contribution < 1.29 is 4.74 Å². The molecule has 0 amide bonds. The molecule has 4 rings (SSSR count). The topological polar surface area (TPSA) is 40.6 Å². The average Bonchev–Trinajstić information content (AvgIpc) is 3.11. The highest BCUT2D eigenvalue weighted by atomic mass is 32.2. The number of rotatable bonds is 7. The molecule has 1 saturated heterocycles. The largest absolute Gasteiger partial charge is 0.493 e. The highest BCUT2D eigenvalue weighted by Crippen LogP contribution is 2.44. The van der Waals surface area contributed by atoms with Gasteiger partial charge in [-0.05, 0) is 50.6 Å². The van der Waals surface area contributed by atoms with Crippen molar-refractivity contribution in [2.75, 3.05) is 38.2 Å². The lowest BCUT2D eigenvalue weighted by Crippen LogP contribution is -2.50. The molecule has 3 heterocycles. The van der Waals surface area contributed by atoms with E-state index in [1.165, 1.54) is 36.5 Å². The summed E-state index contributed by atoms with van der Waals surface area (Å²) in [6, 6.07) is 13.2. The van der Waals surface area contributed by atoms with Crippen molar-refractivity contribution in [2.24, 2.45) is 0 Å². The molecule has 2 aromatic rings. The Hall–Kier alpha value is -1.76. The molecule has 1 aromatic heterocycles. The SMILES string of the molecule is CNC1Sc2ccccc2N1C1CCN(CCCOc2ccncc2)CC1. The molecule has 2 aliphatic heterocycles. The Morgan fingerprint density at radius 1 is 1.15 bits per heavy atom. The van der Waals surface area contributed by atoms with Gasteiger partial charge in [0.2, 0.25) is 0 Å². The summed E-state index contributed by atoms with van der Waals surface area (Å²) in [4.78, 5) is 10.6. The van der Waals surface area contributed by atoms with E-state index in [2.05, 4.69) is 51.4 Å². The molecule has 6 heteroatoms. The highest BCUT2D eigenvalue weighted by molar-refractivity contribution is 8.00. The van der Waals surface area contributed by atoms with Crippen molar-refractivity contribution in [1.29, 1.82) is 0 Å². The number of ether oxygens (including phenoxy) is 1. The number of likely N-dealkylation sites (tertiary alicyclic amines) is 1. The number of para-hydroxylation sites is 1. The van der Waals surface area contributed by atoms with Gasteiger partial charge in [0, 0.05) is 43.0 Å². The number of piperidine rings is 1. The van der Waals surface area contributed by atoms with Crippen LogP contribution in [0, 0.1) is 0 Å². The monoisotopic (exact) mass is 384 g/mol. The van der Waals surface area contributed by atoms with E-state index in [9.17, 15) is 0 Å². The number of nitrogens with one attached hydrogen (secondary N) is 1. The molecule has 5 nitrogen and oxygen atoms in total. The predicted molar refractivity (Wildman–Crippen MR) is 111 cm³/mol. The number of hydrogen-bond donors (Lipinski definition) is 1. The molecule has 2 aliphatic rings. The van der Waals surface area contributed by atoms with E-state index in [4.69, 9.17) is 4.74 Å². The van der Waals surface area contributed by atoms with Gasteiger partial charge >= 0.3 is 0 Å². The third kappa shape index (κ3) is 4.39. The summed E-state index contributed by atoms with van der Waals surface area (Å²) < 4.78 is 5.78. The second-order valence-electron chi connectivity index (χ2n) is 7.09. The Morgan fingerprint density at radius 2 is 1.93 bits per heavy atom. The maximum Gasteiger partial charge on any atom is 0.132 e. The van der Waals surface area contributed by atoms with Crippen LogP contribution in [0.2, 0.25) is 0 Å². The molecule has 1 fully saturated rings. The highest BCUT2D eigenvalue weighted by Gasteiger charge is 2.35. The van der Waals surface area contributed by atoms with Crippen molar-refractivity contribution in [2.45, 2.75) is 35.7 Å². The van der Waals surface area contributed by atoms with Gasteiger partial charge in [0.05, 0.1) is 12.3 Å². The minimum absolute atomic E-state index is 0.354. The molecule has 144 valence electrons. The van der Waals surface area contributed by atoms with Crippen LogP contribution in [0.15, 0.2) is 53.7 Å². The summed E-state index contributed by atoms with van der Waals surface area (Å²) in [5, 5.41) is 3.48. The zero-order valence-electron chi connectivity index (χ0n) is 15.9. The molecular formula is C21H28N4OS. The second kappa shape index (κ2) is 8.95. The molecule has 0 bridgehead atoms. The molecule has 1 N–H and O–H groups in total. The minimum atomic E-state index is 0.354. The Morgan fingerprint density at radius 3 is 2.70 bits per heavy atom. The zero-order valence-corrected chi connectivity index (χ0v) is 16.7. The molecule has 27 heavy (non-hydrogen) atoms. The number of thioether (sulfide) groups is 1. The Kier molecular flexibility index (Phi) is 6.17. The number of aromatic nitrogens is 1. The summed E-state index contributed by atoms with van der Waals surface area (Å²) in [7, 11) is 2.06. The van der Waals surface area contributed by atoms with Crippen LogP contribution < -0.4 is 15.0 Å². The van der Waals surface area contributed by atoms with E-state index in [1.54, 1.807) is 12.4 Å². The van der Waals surface area contributed by atoms with Gasteiger partial charge in [-0.3, -0.25) is 10.3 Å². The van der Waals surface area contributed by atoms with Gasteiger partial charge in [0.15, 0.2) is 0 Å². The Balaban J connectivity index is 1.24. The first-order chi connectivity index (χ1) is 13.3. The van der Waals surface area contributed by atoms with Crippen LogP contribution >= 0.6 is 11.8 Å². The number of anilines is 1. The van der Waals surface area contributed by atoms with Gasteiger partial charge in [0.1, 0.15) is 11.2 Å². The van der Waals surface area contributed by atoms with Crippen LogP contribution in [0.5, 0.6) is 5.75 Å². The maximum atomic E-state index is 5.78. The van der Waals surface area contributed by atoms with Crippen LogP contribution in [0.1, 0.15) is 19.3 Å². The van der Waals surface area contributed by atoms with Gasteiger partial charge in [-0.1, -0.05) is 23.9 Å². The number of benzene rings is 1. The van der Waals surface area contributed by atoms with E-state index in [0.717, 1.165) is 25.3 Å². The molecule has 0 aliphatic carbocycles. The molecule has 0 spiro atoms. The van der Waals surface area contributed by atoms with Gasteiger partial charge in [-0.15, -0.1) is 0 Å². The first-order valence-corrected chi connectivity index (χ1v) is 10.7. The zero-order chi connectivity index (χ0) is 18.5. The van der Waals surface area contributed by atoms with Gasteiger partial charge in [-0.2, -0.15) is 0 Å².